The number of hydrogen-bond donors (Lipinski definition) is 1. The molecule has 5 heteroatoms. The smallest absolute Gasteiger partial charge is 0.253 e. The highest BCUT2D eigenvalue weighted by atomic mass is 16.5. The Morgan fingerprint density at radius 1 is 1.32 bits per heavy atom. The molecule has 1 aromatic heterocycles. The molecule has 114 valence electrons. The maximum Gasteiger partial charge on any atom is 0.253 e. The predicted octanol–water partition coefficient (Wildman–Crippen LogP) is 2.42. The minimum atomic E-state index is 0.0677. The van der Waals surface area contributed by atoms with E-state index >= 15 is 0 Å². The lowest BCUT2D eigenvalue weighted by atomic mass is 10.2. The zero-order chi connectivity index (χ0) is 15.4. The summed E-state index contributed by atoms with van der Waals surface area (Å²) in [6.07, 6.45) is 4.49. The number of nitrogens with one attached hydrogen (secondary N) is 1. The molecule has 0 bridgehead atoms. The average Bonchev–Trinajstić information content (AvgIpc) is 3.04. The maximum absolute atomic E-state index is 12.5. The number of carbonyl (C=O) groups excluding carboxylic acids is 1. The molecular weight excluding hydrogens is 278 g/mol. The summed E-state index contributed by atoms with van der Waals surface area (Å²) in [7, 11) is 1.62. The van der Waals surface area contributed by atoms with Crippen LogP contribution < -0.4 is 10.1 Å². The molecule has 1 aromatic carbocycles. The number of ether oxygens (including phenoxy) is 1. The first kappa shape index (κ1) is 14.4. The highest BCUT2D eigenvalue weighted by molar-refractivity contribution is 5.94. The summed E-state index contributed by atoms with van der Waals surface area (Å²) in [5.74, 6) is 0.826. The molecule has 1 saturated heterocycles. The number of likely N-dealkylation sites (tertiary alicyclic amines) is 1. The number of anilines is 1. The van der Waals surface area contributed by atoms with Crippen molar-refractivity contribution in [1.82, 2.24) is 9.88 Å². The van der Waals surface area contributed by atoms with Crippen molar-refractivity contribution in [3.8, 4) is 5.75 Å². The van der Waals surface area contributed by atoms with Crippen molar-refractivity contribution < 1.29 is 9.53 Å². The SMILES string of the molecule is COc1ccc(C(=O)N2CCC(Nc3cccnc3)C2)cc1. The van der Waals surface area contributed by atoms with Crippen LogP contribution in [0.5, 0.6) is 5.75 Å². The molecule has 22 heavy (non-hydrogen) atoms. The maximum atomic E-state index is 12.5. The number of nitrogens with zero attached hydrogens (tertiary/aromatic N) is 2. The second-order valence-corrected chi connectivity index (χ2v) is 5.35. The van der Waals surface area contributed by atoms with Crippen LogP contribution in [0.4, 0.5) is 5.69 Å². The molecule has 0 radical (unpaired) electrons. The zero-order valence-electron chi connectivity index (χ0n) is 12.5. The highest BCUT2D eigenvalue weighted by Crippen LogP contribution is 2.19. The summed E-state index contributed by atoms with van der Waals surface area (Å²) < 4.78 is 5.12. The second kappa shape index (κ2) is 6.47. The monoisotopic (exact) mass is 297 g/mol. The zero-order valence-corrected chi connectivity index (χ0v) is 12.5. The Kier molecular flexibility index (Phi) is 4.23. The Balaban J connectivity index is 1.60. The third-order valence-corrected chi connectivity index (χ3v) is 3.84. The van der Waals surface area contributed by atoms with Crippen molar-refractivity contribution in [2.75, 3.05) is 25.5 Å². The van der Waals surface area contributed by atoms with Crippen LogP contribution in [0.15, 0.2) is 48.8 Å². The fraction of sp³-hybridized carbons (Fsp3) is 0.294. The number of methoxy groups -OCH3 is 1. The van der Waals surface area contributed by atoms with E-state index in [1.54, 1.807) is 19.5 Å². The van der Waals surface area contributed by atoms with Gasteiger partial charge in [-0.25, -0.2) is 0 Å². The van der Waals surface area contributed by atoms with Crippen molar-refractivity contribution in [2.24, 2.45) is 0 Å². The van der Waals surface area contributed by atoms with Gasteiger partial charge in [0, 0.05) is 37.1 Å². The predicted molar refractivity (Wildman–Crippen MR) is 85.2 cm³/mol. The van der Waals surface area contributed by atoms with Gasteiger partial charge in [0.25, 0.3) is 5.91 Å². The largest absolute Gasteiger partial charge is 0.497 e. The van der Waals surface area contributed by atoms with Gasteiger partial charge in [-0.3, -0.25) is 9.78 Å². The summed E-state index contributed by atoms with van der Waals surface area (Å²) in [6.45, 7) is 1.47. The standard InChI is InChI=1S/C17H19N3O2/c1-22-16-6-4-13(5-7-16)17(21)20-10-8-15(12-20)19-14-3-2-9-18-11-14/h2-7,9,11,15,19H,8,10,12H2,1H3. The van der Waals surface area contributed by atoms with Gasteiger partial charge in [0.1, 0.15) is 5.75 Å². The van der Waals surface area contributed by atoms with Crippen LogP contribution >= 0.6 is 0 Å². The van der Waals surface area contributed by atoms with Crippen LogP contribution in [-0.4, -0.2) is 42.0 Å². The summed E-state index contributed by atoms with van der Waals surface area (Å²) >= 11 is 0. The normalized spacial score (nSPS) is 17.3. The molecule has 1 atom stereocenters. The molecule has 2 heterocycles. The quantitative estimate of drug-likeness (QED) is 0.941. The molecule has 1 unspecified atom stereocenters. The molecule has 1 amide bonds. The van der Waals surface area contributed by atoms with E-state index < -0.39 is 0 Å². The molecule has 1 N–H and O–H groups in total. The van der Waals surface area contributed by atoms with Crippen molar-refractivity contribution in [2.45, 2.75) is 12.5 Å². The summed E-state index contributed by atoms with van der Waals surface area (Å²) in [5, 5.41) is 3.42. The van der Waals surface area contributed by atoms with E-state index in [1.165, 1.54) is 0 Å². The first-order chi connectivity index (χ1) is 10.8. The third-order valence-electron chi connectivity index (χ3n) is 3.84. The molecule has 0 spiro atoms. The highest BCUT2D eigenvalue weighted by Gasteiger charge is 2.26. The second-order valence-electron chi connectivity index (χ2n) is 5.35. The number of benzene rings is 1. The summed E-state index contributed by atoms with van der Waals surface area (Å²) in [5.41, 5.74) is 1.69. The van der Waals surface area contributed by atoms with Crippen molar-refractivity contribution in [3.05, 3.63) is 54.4 Å². The molecular formula is C17H19N3O2. The minimum Gasteiger partial charge on any atom is -0.497 e. The minimum absolute atomic E-state index is 0.0677. The van der Waals surface area contributed by atoms with Gasteiger partial charge in [0.2, 0.25) is 0 Å². The molecule has 3 rings (SSSR count). The van der Waals surface area contributed by atoms with Crippen LogP contribution in [0, 0.1) is 0 Å². The van der Waals surface area contributed by atoms with Gasteiger partial charge in [-0.1, -0.05) is 0 Å². The van der Waals surface area contributed by atoms with Crippen LogP contribution in [0.3, 0.4) is 0 Å². The molecule has 0 saturated carbocycles. The van der Waals surface area contributed by atoms with Crippen molar-refractivity contribution >= 4 is 11.6 Å². The average molecular weight is 297 g/mol. The molecule has 2 aromatic rings. The fourth-order valence-corrected chi connectivity index (χ4v) is 2.66. The number of hydrogen-bond acceptors (Lipinski definition) is 4. The molecule has 1 aliphatic heterocycles. The number of pyridine rings is 1. The number of aromatic nitrogens is 1. The van der Waals surface area contributed by atoms with Crippen LogP contribution in [0.25, 0.3) is 0 Å². The van der Waals surface area contributed by atoms with Gasteiger partial charge in [0.15, 0.2) is 0 Å². The van der Waals surface area contributed by atoms with Gasteiger partial charge >= 0.3 is 0 Å². The third kappa shape index (κ3) is 3.19. The van der Waals surface area contributed by atoms with Crippen LogP contribution in [0.1, 0.15) is 16.8 Å². The van der Waals surface area contributed by atoms with Gasteiger partial charge < -0.3 is 15.0 Å². The lowest BCUT2D eigenvalue weighted by Crippen LogP contribution is -2.31. The Morgan fingerprint density at radius 3 is 2.82 bits per heavy atom. The van der Waals surface area contributed by atoms with E-state index in [4.69, 9.17) is 4.74 Å². The topological polar surface area (TPSA) is 54.5 Å². The summed E-state index contributed by atoms with van der Waals surface area (Å²) in [4.78, 5) is 18.5. The van der Waals surface area contributed by atoms with E-state index in [1.807, 2.05) is 41.3 Å². The van der Waals surface area contributed by atoms with E-state index in [9.17, 15) is 4.79 Å². The molecule has 1 aliphatic rings. The van der Waals surface area contributed by atoms with E-state index in [0.29, 0.717) is 12.1 Å². The summed E-state index contributed by atoms with van der Waals surface area (Å²) in [6, 6.07) is 11.4. The van der Waals surface area contributed by atoms with Crippen molar-refractivity contribution in [3.63, 3.8) is 0 Å². The fourth-order valence-electron chi connectivity index (χ4n) is 2.66. The molecule has 1 fully saturated rings. The Bertz CT molecular complexity index is 628. The number of carbonyl (C=O) groups is 1. The van der Waals surface area contributed by atoms with E-state index in [-0.39, 0.29) is 11.9 Å². The Morgan fingerprint density at radius 2 is 2.14 bits per heavy atom. The van der Waals surface area contributed by atoms with E-state index in [2.05, 4.69) is 10.3 Å². The molecule has 0 aliphatic carbocycles. The Labute approximate surface area is 129 Å². The Hall–Kier alpha value is -2.56. The van der Waals surface area contributed by atoms with E-state index in [0.717, 1.165) is 24.4 Å². The first-order valence-electron chi connectivity index (χ1n) is 7.36. The van der Waals surface area contributed by atoms with Gasteiger partial charge in [0.05, 0.1) is 12.8 Å². The molecule has 5 nitrogen and oxygen atoms in total. The van der Waals surface area contributed by atoms with Gasteiger partial charge in [-0.05, 0) is 42.8 Å². The van der Waals surface area contributed by atoms with Crippen LogP contribution in [0.2, 0.25) is 0 Å². The van der Waals surface area contributed by atoms with Crippen LogP contribution in [-0.2, 0) is 0 Å². The van der Waals surface area contributed by atoms with Gasteiger partial charge in [-0.2, -0.15) is 0 Å². The van der Waals surface area contributed by atoms with Crippen molar-refractivity contribution in [1.29, 1.82) is 0 Å². The lowest BCUT2D eigenvalue weighted by molar-refractivity contribution is 0.0791. The van der Waals surface area contributed by atoms with Gasteiger partial charge in [-0.15, -0.1) is 0 Å². The lowest BCUT2D eigenvalue weighted by Gasteiger charge is -2.18. The first-order valence-corrected chi connectivity index (χ1v) is 7.36. The number of amides is 1. The number of rotatable bonds is 4.